The first-order valence-corrected chi connectivity index (χ1v) is 21.8. The molecule has 2 N–H and O–H groups in total. The summed E-state index contributed by atoms with van der Waals surface area (Å²) in [6.07, 6.45) is 14.8. The number of nitrogens with zero attached hydrogens (tertiary/aromatic N) is 2. The van der Waals surface area contributed by atoms with Crippen LogP contribution in [0.5, 0.6) is 0 Å². The van der Waals surface area contributed by atoms with E-state index in [-0.39, 0.29) is 28.4 Å². The van der Waals surface area contributed by atoms with Gasteiger partial charge in [-0.25, -0.2) is 0 Å². The SMILES string of the molecule is CC1(C)/C(=C\C=C\CC/C=C/C2N(CCCCS(=O)(=O)O)c3ccc4ccccc4c3C2(C)C)N(CCCCS(=O)(=O)O)c2ccc3ccccc3c21. The number of fused-ring (bicyclic) bond motifs is 6. The fraction of sp³-hybridized carbons (Fsp3) is 0.395. The number of hydrogen-bond donors (Lipinski definition) is 2. The zero-order valence-corrected chi connectivity index (χ0v) is 32.8. The minimum atomic E-state index is -4.00. The molecule has 0 saturated carbocycles. The van der Waals surface area contributed by atoms with E-state index in [2.05, 4.69) is 141 Å². The Morgan fingerprint density at radius 3 is 1.83 bits per heavy atom. The van der Waals surface area contributed by atoms with E-state index in [0.717, 1.165) is 24.2 Å². The van der Waals surface area contributed by atoms with E-state index in [1.165, 1.54) is 38.4 Å². The van der Waals surface area contributed by atoms with Crippen LogP contribution < -0.4 is 9.80 Å². The Bertz CT molecular complexity index is 2290. The summed E-state index contributed by atoms with van der Waals surface area (Å²) in [5, 5.41) is 4.84. The van der Waals surface area contributed by atoms with Gasteiger partial charge in [0.05, 0.1) is 17.5 Å². The van der Waals surface area contributed by atoms with Gasteiger partial charge in [-0.15, -0.1) is 0 Å². The third kappa shape index (κ3) is 8.41. The molecule has 0 amide bonds. The second-order valence-electron chi connectivity index (χ2n) is 15.5. The molecule has 4 aromatic carbocycles. The Hall–Kier alpha value is -3.96. The van der Waals surface area contributed by atoms with Gasteiger partial charge in [0, 0.05) is 41.0 Å². The predicted molar refractivity (Wildman–Crippen MR) is 219 cm³/mol. The largest absolute Gasteiger partial charge is 0.364 e. The van der Waals surface area contributed by atoms with E-state index < -0.39 is 20.2 Å². The monoisotopic (exact) mass is 756 g/mol. The molecule has 0 spiro atoms. The molecule has 2 aliphatic heterocycles. The normalized spacial score (nSPS) is 19.0. The van der Waals surface area contributed by atoms with Crippen LogP contribution in [-0.4, -0.2) is 56.6 Å². The van der Waals surface area contributed by atoms with Gasteiger partial charge in [0.25, 0.3) is 20.2 Å². The number of allylic oxidation sites excluding steroid dienone is 5. The Morgan fingerprint density at radius 2 is 1.21 bits per heavy atom. The Kier molecular flexibility index (Phi) is 11.3. The minimum Gasteiger partial charge on any atom is -0.364 e. The van der Waals surface area contributed by atoms with Crippen LogP contribution in [0.3, 0.4) is 0 Å². The summed E-state index contributed by atoms with van der Waals surface area (Å²) < 4.78 is 64.1. The molecule has 1 atom stereocenters. The molecule has 8 nitrogen and oxygen atoms in total. The topological polar surface area (TPSA) is 115 Å². The smallest absolute Gasteiger partial charge is 0.264 e. The van der Waals surface area contributed by atoms with Crippen molar-refractivity contribution in [1.82, 2.24) is 0 Å². The molecule has 282 valence electrons. The van der Waals surface area contributed by atoms with Gasteiger partial charge in [-0.05, 0) is 89.4 Å². The Balaban J connectivity index is 1.19. The van der Waals surface area contributed by atoms with Crippen LogP contribution in [0.1, 0.15) is 77.3 Å². The fourth-order valence-corrected chi connectivity index (χ4v) is 9.68. The molecule has 2 aliphatic rings. The van der Waals surface area contributed by atoms with Gasteiger partial charge < -0.3 is 9.80 Å². The van der Waals surface area contributed by atoms with E-state index in [4.69, 9.17) is 0 Å². The van der Waals surface area contributed by atoms with Crippen molar-refractivity contribution >= 4 is 53.2 Å². The van der Waals surface area contributed by atoms with Gasteiger partial charge in [0.2, 0.25) is 0 Å². The lowest BCUT2D eigenvalue weighted by atomic mass is 9.78. The lowest BCUT2D eigenvalue weighted by molar-refractivity contribution is 0.467. The van der Waals surface area contributed by atoms with Crippen molar-refractivity contribution in [3.05, 3.63) is 120 Å². The summed E-state index contributed by atoms with van der Waals surface area (Å²) in [5.74, 6) is -0.475. The van der Waals surface area contributed by atoms with E-state index in [9.17, 15) is 25.9 Å². The first-order chi connectivity index (χ1) is 25.1. The number of anilines is 2. The molecule has 0 fully saturated rings. The second-order valence-corrected chi connectivity index (χ2v) is 18.6. The van der Waals surface area contributed by atoms with Crippen molar-refractivity contribution in [2.45, 2.75) is 83.1 Å². The van der Waals surface area contributed by atoms with Gasteiger partial charge in [0.1, 0.15) is 0 Å². The van der Waals surface area contributed by atoms with Gasteiger partial charge in [-0.2, -0.15) is 16.8 Å². The standard InChI is InChI=1S/C43H52N2O6S2/c1-42(2)38(44(28-14-16-30-52(46,47)48)36-26-24-32-18-10-12-20-34(32)40(36)42)22-8-6-5-7-9-23-39-43(3,4)41-35-21-13-11-19-33(35)25-27-37(41)45(39)29-15-17-31-53(49,50)51/h6,8-13,18-27,39H,5,7,14-17,28-31H2,1-4H3,(H,46,47,48)(H,49,50,51)/b8-6+,23-9+,38-22+. The average Bonchev–Trinajstić information content (AvgIpc) is 3.45. The number of hydrogen-bond acceptors (Lipinski definition) is 6. The zero-order valence-electron chi connectivity index (χ0n) is 31.2. The predicted octanol–water partition coefficient (Wildman–Crippen LogP) is 9.37. The fourth-order valence-electron chi connectivity index (χ4n) is 8.54. The second kappa shape index (κ2) is 15.4. The summed E-state index contributed by atoms with van der Waals surface area (Å²) >= 11 is 0. The van der Waals surface area contributed by atoms with Crippen molar-refractivity contribution in [3.8, 4) is 0 Å². The summed E-state index contributed by atoms with van der Waals surface area (Å²) in [5.41, 5.74) is 5.58. The third-order valence-corrected chi connectivity index (χ3v) is 12.6. The maximum atomic E-state index is 11.4. The highest BCUT2D eigenvalue weighted by molar-refractivity contribution is 7.86. The molecule has 0 aromatic heterocycles. The zero-order chi connectivity index (χ0) is 38.0. The number of rotatable bonds is 15. The van der Waals surface area contributed by atoms with Crippen LogP contribution in [0.4, 0.5) is 11.4 Å². The van der Waals surface area contributed by atoms with Crippen molar-refractivity contribution in [2.75, 3.05) is 34.4 Å². The summed E-state index contributed by atoms with van der Waals surface area (Å²) in [4.78, 5) is 4.71. The van der Waals surface area contributed by atoms with Crippen LogP contribution >= 0.6 is 0 Å². The maximum Gasteiger partial charge on any atom is 0.264 e. The highest BCUT2D eigenvalue weighted by atomic mass is 32.2. The molecule has 0 aliphatic carbocycles. The minimum absolute atomic E-state index is 0.0853. The van der Waals surface area contributed by atoms with Crippen LogP contribution in [0.2, 0.25) is 0 Å². The molecular formula is C43H52N2O6S2. The van der Waals surface area contributed by atoms with Crippen molar-refractivity contribution in [2.24, 2.45) is 0 Å². The van der Waals surface area contributed by atoms with E-state index in [1.54, 1.807) is 0 Å². The average molecular weight is 757 g/mol. The number of unbranched alkanes of at least 4 members (excludes halogenated alkanes) is 3. The van der Waals surface area contributed by atoms with Gasteiger partial charge in [0.15, 0.2) is 0 Å². The van der Waals surface area contributed by atoms with Gasteiger partial charge >= 0.3 is 0 Å². The highest BCUT2D eigenvalue weighted by Crippen LogP contribution is 2.51. The molecule has 10 heteroatoms. The molecule has 4 aromatic rings. The molecule has 6 rings (SSSR count). The van der Waals surface area contributed by atoms with Crippen LogP contribution in [-0.2, 0) is 31.1 Å². The summed E-state index contributed by atoms with van der Waals surface area (Å²) in [6, 6.07) is 25.6. The van der Waals surface area contributed by atoms with Crippen molar-refractivity contribution < 1.29 is 25.9 Å². The van der Waals surface area contributed by atoms with Gasteiger partial charge in [-0.3, -0.25) is 9.11 Å². The molecule has 2 heterocycles. The van der Waals surface area contributed by atoms with E-state index in [1.807, 2.05) is 0 Å². The quantitative estimate of drug-likeness (QED) is 0.0701. The Morgan fingerprint density at radius 1 is 0.660 bits per heavy atom. The highest BCUT2D eigenvalue weighted by Gasteiger charge is 2.44. The molecule has 0 radical (unpaired) electrons. The molecule has 0 saturated heterocycles. The van der Waals surface area contributed by atoms with Crippen LogP contribution in [0.25, 0.3) is 21.5 Å². The third-order valence-electron chi connectivity index (χ3n) is 11.0. The number of benzene rings is 4. The van der Waals surface area contributed by atoms with E-state index in [0.29, 0.717) is 38.8 Å². The Labute approximate surface area is 315 Å². The van der Waals surface area contributed by atoms with Gasteiger partial charge in [-0.1, -0.05) is 113 Å². The molecule has 53 heavy (non-hydrogen) atoms. The molecular weight excluding hydrogens is 705 g/mol. The lowest BCUT2D eigenvalue weighted by Crippen LogP contribution is -2.40. The summed E-state index contributed by atoms with van der Waals surface area (Å²) in [6.45, 7) is 10.4. The van der Waals surface area contributed by atoms with Crippen molar-refractivity contribution in [3.63, 3.8) is 0 Å². The van der Waals surface area contributed by atoms with Crippen LogP contribution in [0.15, 0.2) is 109 Å². The van der Waals surface area contributed by atoms with E-state index >= 15 is 0 Å². The van der Waals surface area contributed by atoms with Crippen molar-refractivity contribution in [1.29, 1.82) is 0 Å². The molecule has 1 unspecified atom stereocenters. The lowest BCUT2D eigenvalue weighted by Gasteiger charge is -2.32. The maximum absolute atomic E-state index is 11.4. The molecule has 0 bridgehead atoms. The van der Waals surface area contributed by atoms with Crippen LogP contribution in [0, 0.1) is 0 Å². The first kappa shape index (κ1) is 38.8. The summed E-state index contributed by atoms with van der Waals surface area (Å²) in [7, 11) is -7.99. The first-order valence-electron chi connectivity index (χ1n) is 18.6.